The Kier molecular flexibility index (Phi) is 6.56. The van der Waals surface area contributed by atoms with Crippen molar-refractivity contribution in [3.8, 4) is 0 Å². The molecule has 0 aromatic heterocycles. The van der Waals surface area contributed by atoms with E-state index in [2.05, 4.69) is 23.8 Å². The van der Waals surface area contributed by atoms with Crippen LogP contribution in [0.25, 0.3) is 0 Å². The van der Waals surface area contributed by atoms with Crippen LogP contribution in [0.2, 0.25) is 0 Å². The number of carbonyl (C=O) groups is 1. The van der Waals surface area contributed by atoms with Crippen molar-refractivity contribution < 1.29 is 13.2 Å². The molecule has 6 nitrogen and oxygen atoms in total. The number of carbonyl (C=O) groups excluding carboxylic acids is 1. The molecular formula is C24H31N3O3S2. The third kappa shape index (κ3) is 4.54. The van der Waals surface area contributed by atoms with Crippen molar-refractivity contribution in [2.75, 3.05) is 18.4 Å². The molecule has 0 radical (unpaired) electrons. The summed E-state index contributed by atoms with van der Waals surface area (Å²) in [6.45, 7) is 7.65. The van der Waals surface area contributed by atoms with Gasteiger partial charge < -0.3 is 10.6 Å². The molecular weight excluding hydrogens is 442 g/mol. The molecule has 4 aliphatic rings. The lowest BCUT2D eigenvalue weighted by molar-refractivity contribution is -0.144. The highest BCUT2D eigenvalue weighted by molar-refractivity contribution is 7.89. The molecule has 4 aliphatic carbocycles. The molecule has 1 aromatic carbocycles. The highest BCUT2D eigenvalue weighted by atomic mass is 32.2. The van der Waals surface area contributed by atoms with Crippen molar-refractivity contribution >= 4 is 38.9 Å². The first-order chi connectivity index (χ1) is 15.3. The third-order valence-corrected chi connectivity index (χ3v) is 9.21. The summed E-state index contributed by atoms with van der Waals surface area (Å²) in [5.74, 6) is 2.09. The van der Waals surface area contributed by atoms with Gasteiger partial charge in [-0.15, -0.1) is 13.2 Å². The molecule has 5 rings (SSSR count). The van der Waals surface area contributed by atoms with Crippen molar-refractivity contribution in [1.29, 1.82) is 0 Å². The minimum Gasteiger partial charge on any atom is -0.332 e. The lowest BCUT2D eigenvalue weighted by Gasteiger charge is -2.55. The summed E-state index contributed by atoms with van der Waals surface area (Å²) >= 11 is 5.39. The van der Waals surface area contributed by atoms with E-state index < -0.39 is 10.0 Å². The van der Waals surface area contributed by atoms with Crippen molar-refractivity contribution in [1.82, 2.24) is 9.62 Å². The molecule has 4 fully saturated rings. The monoisotopic (exact) mass is 473 g/mol. The average molecular weight is 474 g/mol. The van der Waals surface area contributed by atoms with E-state index in [1.54, 1.807) is 24.3 Å². The highest BCUT2D eigenvalue weighted by Crippen LogP contribution is 2.60. The quantitative estimate of drug-likeness (QED) is 0.439. The second-order valence-electron chi connectivity index (χ2n) is 9.53. The molecule has 0 aliphatic heterocycles. The van der Waals surface area contributed by atoms with Gasteiger partial charge in [-0.25, -0.2) is 8.42 Å². The number of amides is 1. The molecule has 8 heteroatoms. The number of nitrogens with one attached hydrogen (secondary N) is 2. The molecule has 4 saturated carbocycles. The van der Waals surface area contributed by atoms with Crippen LogP contribution in [-0.2, 0) is 14.8 Å². The predicted molar refractivity (Wildman–Crippen MR) is 131 cm³/mol. The first-order valence-electron chi connectivity index (χ1n) is 11.2. The minimum atomic E-state index is -3.66. The molecule has 2 N–H and O–H groups in total. The van der Waals surface area contributed by atoms with Crippen LogP contribution in [-0.4, -0.2) is 36.8 Å². The van der Waals surface area contributed by atoms with Gasteiger partial charge >= 0.3 is 0 Å². The topological polar surface area (TPSA) is 78.5 Å². The van der Waals surface area contributed by atoms with E-state index in [1.807, 2.05) is 0 Å². The zero-order chi connectivity index (χ0) is 22.9. The average Bonchev–Trinajstić information content (AvgIpc) is 2.73. The van der Waals surface area contributed by atoms with Crippen molar-refractivity contribution in [3.05, 3.63) is 49.6 Å². The molecule has 172 valence electrons. The molecule has 4 bridgehead atoms. The van der Waals surface area contributed by atoms with Gasteiger partial charge in [0.15, 0.2) is 5.11 Å². The van der Waals surface area contributed by atoms with Crippen LogP contribution in [0, 0.1) is 23.2 Å². The van der Waals surface area contributed by atoms with Crippen molar-refractivity contribution in [2.45, 2.75) is 43.4 Å². The Morgan fingerprint density at radius 3 is 2.00 bits per heavy atom. The highest BCUT2D eigenvalue weighted by Gasteiger charge is 2.54. The van der Waals surface area contributed by atoms with Crippen LogP contribution in [0.4, 0.5) is 5.69 Å². The summed E-state index contributed by atoms with van der Waals surface area (Å²) in [4.78, 5) is 13.3. The summed E-state index contributed by atoms with van der Waals surface area (Å²) in [6.07, 6.45) is 9.86. The van der Waals surface area contributed by atoms with E-state index in [0.717, 1.165) is 19.3 Å². The Hall–Kier alpha value is -2.03. The van der Waals surface area contributed by atoms with Crippen LogP contribution < -0.4 is 10.6 Å². The number of sulfonamides is 1. The van der Waals surface area contributed by atoms with Gasteiger partial charge in [-0.2, -0.15) is 4.31 Å². The predicted octanol–water partition coefficient (Wildman–Crippen LogP) is 4.08. The molecule has 1 aromatic rings. The molecule has 0 saturated heterocycles. The zero-order valence-corrected chi connectivity index (χ0v) is 19.9. The maximum absolute atomic E-state index is 13.1. The van der Waals surface area contributed by atoms with Crippen molar-refractivity contribution in [3.63, 3.8) is 0 Å². The number of hydrogen-bond acceptors (Lipinski definition) is 4. The molecule has 32 heavy (non-hydrogen) atoms. The largest absolute Gasteiger partial charge is 0.332 e. The molecule has 0 unspecified atom stereocenters. The molecule has 1 amide bonds. The van der Waals surface area contributed by atoms with Crippen LogP contribution in [0.15, 0.2) is 54.5 Å². The number of benzene rings is 1. The summed E-state index contributed by atoms with van der Waals surface area (Å²) in [5.41, 5.74) is 0.358. The van der Waals surface area contributed by atoms with E-state index >= 15 is 0 Å². The Morgan fingerprint density at radius 2 is 1.53 bits per heavy atom. The Balaban J connectivity index is 1.38. The number of rotatable bonds is 8. The van der Waals surface area contributed by atoms with Gasteiger partial charge in [-0.1, -0.05) is 12.2 Å². The summed E-state index contributed by atoms with van der Waals surface area (Å²) in [6, 6.07) is 6.35. The second kappa shape index (κ2) is 9.08. The van der Waals surface area contributed by atoms with Crippen LogP contribution in [0.1, 0.15) is 38.5 Å². The van der Waals surface area contributed by atoms with Gasteiger partial charge in [0.25, 0.3) is 0 Å². The summed E-state index contributed by atoms with van der Waals surface area (Å²) in [5, 5.41) is 6.19. The van der Waals surface area contributed by atoms with E-state index in [1.165, 1.54) is 35.7 Å². The van der Waals surface area contributed by atoms with Gasteiger partial charge in [0, 0.05) is 18.8 Å². The lowest BCUT2D eigenvalue weighted by atomic mass is 9.49. The Bertz CT molecular complexity index is 972. The molecule has 0 atom stereocenters. The molecule has 0 heterocycles. The van der Waals surface area contributed by atoms with Gasteiger partial charge in [0.2, 0.25) is 15.9 Å². The standard InChI is InChI=1S/C24H31N3O3S2/c1-3-9-27(10-4-2)32(29,30)21-7-5-20(6-8-21)25-23(31)26-22(28)24-14-17-11-18(15-24)13-19(12-17)16-24/h3-8,17-19H,1-2,9-16H2,(H2,25,26,28,31). The number of anilines is 1. The maximum Gasteiger partial charge on any atom is 0.243 e. The summed E-state index contributed by atoms with van der Waals surface area (Å²) < 4.78 is 26.9. The Labute approximate surface area is 196 Å². The number of nitrogens with zero attached hydrogens (tertiary/aromatic N) is 1. The van der Waals surface area contributed by atoms with E-state index in [-0.39, 0.29) is 34.4 Å². The van der Waals surface area contributed by atoms with Gasteiger partial charge in [0.1, 0.15) is 0 Å². The smallest absolute Gasteiger partial charge is 0.243 e. The molecule has 0 spiro atoms. The fraction of sp³-hybridized carbons (Fsp3) is 0.500. The van der Waals surface area contributed by atoms with E-state index in [9.17, 15) is 13.2 Å². The van der Waals surface area contributed by atoms with Crippen LogP contribution in [0.3, 0.4) is 0 Å². The fourth-order valence-electron chi connectivity index (χ4n) is 6.20. The first kappa shape index (κ1) is 23.1. The van der Waals surface area contributed by atoms with Crippen LogP contribution in [0.5, 0.6) is 0 Å². The van der Waals surface area contributed by atoms with Gasteiger partial charge in [-0.05, 0) is 92.8 Å². The third-order valence-electron chi connectivity index (χ3n) is 7.16. The minimum absolute atomic E-state index is 0.0396. The van der Waals surface area contributed by atoms with E-state index in [4.69, 9.17) is 12.2 Å². The SMILES string of the molecule is C=CCN(CC=C)S(=O)(=O)c1ccc(NC(=S)NC(=O)C23CC4CC(CC(C4)C2)C3)cc1. The van der Waals surface area contributed by atoms with Gasteiger partial charge in [0.05, 0.1) is 10.3 Å². The van der Waals surface area contributed by atoms with Gasteiger partial charge in [-0.3, -0.25) is 4.79 Å². The Morgan fingerprint density at radius 1 is 1.03 bits per heavy atom. The number of hydrogen-bond donors (Lipinski definition) is 2. The maximum atomic E-state index is 13.1. The van der Waals surface area contributed by atoms with Crippen molar-refractivity contribution in [2.24, 2.45) is 23.2 Å². The van der Waals surface area contributed by atoms with Crippen LogP contribution >= 0.6 is 12.2 Å². The van der Waals surface area contributed by atoms with E-state index in [0.29, 0.717) is 23.4 Å². The fourth-order valence-corrected chi connectivity index (χ4v) is 7.80. The second-order valence-corrected chi connectivity index (χ2v) is 11.9. The zero-order valence-electron chi connectivity index (χ0n) is 18.3. The number of thiocarbonyl (C=S) groups is 1. The normalized spacial score (nSPS) is 28.3. The first-order valence-corrected chi connectivity index (χ1v) is 13.0. The summed E-state index contributed by atoms with van der Waals surface area (Å²) in [7, 11) is -3.66. The lowest BCUT2D eigenvalue weighted by Crippen LogP contribution is -2.55.